The second-order valence-corrected chi connectivity index (χ2v) is 4.05. The van der Waals surface area contributed by atoms with E-state index in [2.05, 4.69) is 5.32 Å². The third-order valence-corrected chi connectivity index (χ3v) is 2.95. The monoisotopic (exact) mass is 266 g/mol. The number of carbonyl (C=O) groups is 1. The predicted molar refractivity (Wildman–Crippen MR) is 76.0 cm³/mol. The van der Waals surface area contributed by atoms with Gasteiger partial charge in [0.2, 0.25) is 5.91 Å². The summed E-state index contributed by atoms with van der Waals surface area (Å²) in [5.74, 6) is 1.10. The molecule has 0 aliphatic rings. The molecule has 106 valence electrons. The molecule has 0 saturated carbocycles. The van der Waals surface area contributed by atoms with E-state index in [4.69, 9.17) is 9.47 Å². The topological polar surface area (TPSA) is 50.8 Å². The van der Waals surface area contributed by atoms with E-state index in [1.54, 1.807) is 26.4 Å². The minimum absolute atomic E-state index is 0.0773. The standard InChI is InChI=1S/C14H22N2O3/c1-5-16(6-2)10-13(17)15-14-11(18-3)8-7-9-12(14)19-4/h7-9H,5-6,10H2,1-4H3,(H,15,17). The molecule has 0 heterocycles. The molecule has 5 heteroatoms. The fraction of sp³-hybridized carbons (Fsp3) is 0.500. The summed E-state index contributed by atoms with van der Waals surface area (Å²) in [5.41, 5.74) is 0.574. The van der Waals surface area contributed by atoms with Gasteiger partial charge in [0.15, 0.2) is 0 Å². The molecule has 0 radical (unpaired) electrons. The molecule has 0 aliphatic carbocycles. The van der Waals surface area contributed by atoms with Crippen LogP contribution in [0.1, 0.15) is 13.8 Å². The van der Waals surface area contributed by atoms with Gasteiger partial charge in [0.25, 0.3) is 0 Å². The summed E-state index contributed by atoms with van der Waals surface area (Å²) >= 11 is 0. The highest BCUT2D eigenvalue weighted by atomic mass is 16.5. The number of likely N-dealkylation sites (N-methyl/N-ethyl adjacent to an activating group) is 1. The Labute approximate surface area is 114 Å². The van der Waals surface area contributed by atoms with Gasteiger partial charge >= 0.3 is 0 Å². The highest BCUT2D eigenvalue weighted by Crippen LogP contribution is 2.33. The van der Waals surface area contributed by atoms with Crippen LogP contribution in [0.25, 0.3) is 0 Å². The number of hydrogen-bond acceptors (Lipinski definition) is 4. The van der Waals surface area contributed by atoms with E-state index in [9.17, 15) is 4.79 Å². The SMILES string of the molecule is CCN(CC)CC(=O)Nc1c(OC)cccc1OC. The molecule has 1 rings (SSSR count). The Kier molecular flexibility index (Phi) is 6.15. The number of carbonyl (C=O) groups excluding carboxylic acids is 1. The van der Waals surface area contributed by atoms with Gasteiger partial charge in [-0.1, -0.05) is 19.9 Å². The number of hydrogen-bond donors (Lipinski definition) is 1. The minimum Gasteiger partial charge on any atom is -0.494 e. The lowest BCUT2D eigenvalue weighted by molar-refractivity contribution is -0.117. The number of anilines is 1. The predicted octanol–water partition coefficient (Wildman–Crippen LogP) is 1.98. The van der Waals surface area contributed by atoms with Crippen LogP contribution in [0.3, 0.4) is 0 Å². The lowest BCUT2D eigenvalue weighted by Gasteiger charge is -2.19. The van der Waals surface area contributed by atoms with Gasteiger partial charge in [-0.25, -0.2) is 0 Å². The van der Waals surface area contributed by atoms with E-state index < -0.39 is 0 Å². The summed E-state index contributed by atoms with van der Waals surface area (Å²) in [6.07, 6.45) is 0. The third kappa shape index (κ3) is 4.13. The van der Waals surface area contributed by atoms with Crippen molar-refractivity contribution in [3.8, 4) is 11.5 Å². The van der Waals surface area contributed by atoms with Crippen molar-refractivity contribution in [3.63, 3.8) is 0 Å². The van der Waals surface area contributed by atoms with Gasteiger partial charge in [-0.05, 0) is 25.2 Å². The smallest absolute Gasteiger partial charge is 0.238 e. The number of para-hydroxylation sites is 1. The Balaban J connectivity index is 2.83. The van der Waals surface area contributed by atoms with Crippen LogP contribution in [0.15, 0.2) is 18.2 Å². The lowest BCUT2D eigenvalue weighted by Crippen LogP contribution is -2.33. The van der Waals surface area contributed by atoms with E-state index >= 15 is 0 Å². The molecule has 5 nitrogen and oxygen atoms in total. The number of rotatable bonds is 7. The number of methoxy groups -OCH3 is 2. The molecule has 0 unspecified atom stereocenters. The van der Waals surface area contributed by atoms with Crippen LogP contribution in [-0.2, 0) is 4.79 Å². The maximum absolute atomic E-state index is 12.0. The van der Waals surface area contributed by atoms with Crippen LogP contribution in [0.4, 0.5) is 5.69 Å². The number of nitrogens with one attached hydrogen (secondary N) is 1. The average Bonchev–Trinajstić information content (AvgIpc) is 2.44. The molecule has 0 aliphatic heterocycles. The quantitative estimate of drug-likeness (QED) is 0.820. The van der Waals surface area contributed by atoms with Gasteiger partial charge < -0.3 is 14.8 Å². The molecule has 1 aromatic carbocycles. The minimum atomic E-state index is -0.0773. The van der Waals surface area contributed by atoms with Crippen molar-refractivity contribution >= 4 is 11.6 Å². The molecular formula is C14H22N2O3. The van der Waals surface area contributed by atoms with Gasteiger partial charge in [-0.3, -0.25) is 9.69 Å². The van der Waals surface area contributed by atoms with E-state index in [1.807, 2.05) is 24.8 Å². The van der Waals surface area contributed by atoms with Gasteiger partial charge in [0.1, 0.15) is 17.2 Å². The Hall–Kier alpha value is -1.75. The number of ether oxygens (including phenoxy) is 2. The molecule has 0 fully saturated rings. The summed E-state index contributed by atoms with van der Waals surface area (Å²) in [7, 11) is 3.13. The summed E-state index contributed by atoms with van der Waals surface area (Å²) in [6, 6.07) is 5.39. The second-order valence-electron chi connectivity index (χ2n) is 4.05. The molecule has 0 atom stereocenters. The van der Waals surface area contributed by atoms with E-state index in [0.717, 1.165) is 13.1 Å². The van der Waals surface area contributed by atoms with Crippen molar-refractivity contribution in [1.82, 2.24) is 4.90 Å². The van der Waals surface area contributed by atoms with Crippen molar-refractivity contribution in [2.75, 3.05) is 39.2 Å². The Morgan fingerprint density at radius 3 is 2.11 bits per heavy atom. The Morgan fingerprint density at radius 1 is 1.16 bits per heavy atom. The Bertz CT molecular complexity index is 395. The van der Waals surface area contributed by atoms with Crippen molar-refractivity contribution < 1.29 is 14.3 Å². The van der Waals surface area contributed by atoms with E-state index in [-0.39, 0.29) is 5.91 Å². The fourth-order valence-corrected chi connectivity index (χ4v) is 1.80. The van der Waals surface area contributed by atoms with Crippen molar-refractivity contribution in [1.29, 1.82) is 0 Å². The van der Waals surface area contributed by atoms with E-state index in [0.29, 0.717) is 23.7 Å². The van der Waals surface area contributed by atoms with Crippen LogP contribution in [0.2, 0.25) is 0 Å². The maximum atomic E-state index is 12.0. The number of benzene rings is 1. The zero-order chi connectivity index (χ0) is 14.3. The highest BCUT2D eigenvalue weighted by molar-refractivity contribution is 5.95. The molecule has 1 N–H and O–H groups in total. The van der Waals surface area contributed by atoms with Gasteiger partial charge in [0, 0.05) is 0 Å². The summed E-state index contributed by atoms with van der Waals surface area (Å²) < 4.78 is 10.5. The highest BCUT2D eigenvalue weighted by Gasteiger charge is 2.14. The Morgan fingerprint density at radius 2 is 1.68 bits per heavy atom. The molecule has 1 aromatic rings. The largest absolute Gasteiger partial charge is 0.494 e. The van der Waals surface area contributed by atoms with Gasteiger partial charge in [0.05, 0.1) is 20.8 Å². The zero-order valence-electron chi connectivity index (χ0n) is 12.0. The first-order valence-corrected chi connectivity index (χ1v) is 6.39. The van der Waals surface area contributed by atoms with Crippen LogP contribution in [0.5, 0.6) is 11.5 Å². The molecular weight excluding hydrogens is 244 g/mol. The third-order valence-electron chi connectivity index (χ3n) is 2.95. The summed E-state index contributed by atoms with van der Waals surface area (Å²) in [6.45, 7) is 6.09. The first-order valence-electron chi connectivity index (χ1n) is 6.39. The molecule has 19 heavy (non-hydrogen) atoms. The van der Waals surface area contributed by atoms with Crippen molar-refractivity contribution in [3.05, 3.63) is 18.2 Å². The normalized spacial score (nSPS) is 10.4. The fourth-order valence-electron chi connectivity index (χ4n) is 1.80. The molecule has 0 saturated heterocycles. The van der Waals surface area contributed by atoms with Crippen LogP contribution < -0.4 is 14.8 Å². The van der Waals surface area contributed by atoms with E-state index in [1.165, 1.54) is 0 Å². The maximum Gasteiger partial charge on any atom is 0.238 e. The first kappa shape index (κ1) is 15.3. The van der Waals surface area contributed by atoms with Crippen LogP contribution >= 0.6 is 0 Å². The summed E-state index contributed by atoms with van der Waals surface area (Å²) in [5, 5.41) is 2.85. The molecule has 0 aromatic heterocycles. The molecule has 1 amide bonds. The van der Waals surface area contributed by atoms with Crippen molar-refractivity contribution in [2.24, 2.45) is 0 Å². The average molecular weight is 266 g/mol. The zero-order valence-corrected chi connectivity index (χ0v) is 12.0. The van der Waals surface area contributed by atoms with Crippen LogP contribution in [0, 0.1) is 0 Å². The van der Waals surface area contributed by atoms with Gasteiger partial charge in [-0.2, -0.15) is 0 Å². The molecule has 0 bridgehead atoms. The second kappa shape index (κ2) is 7.63. The van der Waals surface area contributed by atoms with Crippen LogP contribution in [-0.4, -0.2) is 44.7 Å². The first-order chi connectivity index (χ1) is 9.15. The molecule has 0 spiro atoms. The lowest BCUT2D eigenvalue weighted by atomic mass is 10.2. The number of amides is 1. The summed E-state index contributed by atoms with van der Waals surface area (Å²) in [4.78, 5) is 14.1. The number of nitrogens with zero attached hydrogens (tertiary/aromatic N) is 1. The van der Waals surface area contributed by atoms with Crippen molar-refractivity contribution in [2.45, 2.75) is 13.8 Å². The van der Waals surface area contributed by atoms with Gasteiger partial charge in [-0.15, -0.1) is 0 Å².